The molecule has 1 radical (unpaired) electrons. The summed E-state index contributed by atoms with van der Waals surface area (Å²) in [5.41, 5.74) is 0. The van der Waals surface area contributed by atoms with Crippen LogP contribution in [0.15, 0.2) is 0 Å². The van der Waals surface area contributed by atoms with Crippen molar-refractivity contribution in [2.75, 3.05) is 6.61 Å². The predicted octanol–water partition coefficient (Wildman–Crippen LogP) is -2.56. The number of aliphatic hydroxyl groups is 3. The second-order valence-corrected chi connectivity index (χ2v) is 1.97. The molecule has 0 saturated carbocycles. The van der Waals surface area contributed by atoms with Gasteiger partial charge in [0.2, 0.25) is 0 Å². The van der Waals surface area contributed by atoms with Gasteiger partial charge in [-0.15, -0.1) is 0 Å². The Morgan fingerprint density at radius 1 is 1.40 bits per heavy atom. The molecule has 10 heavy (non-hydrogen) atoms. The zero-order valence-electron chi connectivity index (χ0n) is 5.27. The molecule has 0 aromatic rings. The summed E-state index contributed by atoms with van der Waals surface area (Å²) >= 11 is 0. The molecule has 5 heteroatoms. The van der Waals surface area contributed by atoms with Crippen LogP contribution in [-0.2, 0) is 4.74 Å². The van der Waals surface area contributed by atoms with E-state index in [9.17, 15) is 0 Å². The minimum Gasteiger partial charge on any atom is -0.412 e. The minimum atomic E-state index is -0.977. The number of hydrogen-bond acceptors (Lipinski definition) is 4. The Morgan fingerprint density at radius 2 is 2.00 bits per heavy atom. The van der Waals surface area contributed by atoms with Gasteiger partial charge in [0.1, 0.15) is 24.9 Å². The molecule has 1 fully saturated rings. The van der Waals surface area contributed by atoms with Crippen molar-refractivity contribution in [2.24, 2.45) is 0 Å². The number of hydrogen-bond donors (Lipinski definition) is 3. The molecule has 1 saturated heterocycles. The summed E-state index contributed by atoms with van der Waals surface area (Å²) in [5.74, 6) is 0. The van der Waals surface area contributed by atoms with Crippen LogP contribution in [0.3, 0.4) is 0 Å². The van der Waals surface area contributed by atoms with Gasteiger partial charge in [0.25, 0.3) is 0 Å². The van der Waals surface area contributed by atoms with Crippen molar-refractivity contribution in [2.45, 2.75) is 18.3 Å². The van der Waals surface area contributed by atoms with Gasteiger partial charge in [-0.05, 0) is 0 Å². The molecule has 0 spiro atoms. The summed E-state index contributed by atoms with van der Waals surface area (Å²) in [6, 6.07) is 0. The summed E-state index contributed by atoms with van der Waals surface area (Å²) in [4.78, 5) is 0. The Morgan fingerprint density at radius 3 is 2.20 bits per heavy atom. The molecule has 1 aliphatic heterocycles. The van der Waals surface area contributed by atoms with E-state index < -0.39 is 18.3 Å². The van der Waals surface area contributed by atoms with Crippen molar-refractivity contribution in [1.29, 1.82) is 0 Å². The van der Waals surface area contributed by atoms with E-state index in [2.05, 4.69) is 4.74 Å². The van der Waals surface area contributed by atoms with Crippen LogP contribution in [0.5, 0.6) is 0 Å². The SMILES string of the molecule is O.OC[C@H]1O[CH][C@H](O)[C@@H]1O. The lowest BCUT2D eigenvalue weighted by molar-refractivity contribution is -0.00317. The molecule has 3 atom stereocenters. The van der Waals surface area contributed by atoms with E-state index in [1.54, 1.807) is 0 Å². The summed E-state index contributed by atoms with van der Waals surface area (Å²) in [7, 11) is 0. The third-order valence-electron chi connectivity index (χ3n) is 1.30. The van der Waals surface area contributed by atoms with Crippen LogP contribution in [0, 0.1) is 6.61 Å². The van der Waals surface area contributed by atoms with Crippen LogP contribution in [-0.4, -0.2) is 45.7 Å². The van der Waals surface area contributed by atoms with E-state index in [0.29, 0.717) is 0 Å². The van der Waals surface area contributed by atoms with E-state index in [1.165, 1.54) is 0 Å². The Bertz CT molecular complexity index is 96.0. The molecule has 0 aromatic heterocycles. The molecule has 1 aliphatic rings. The van der Waals surface area contributed by atoms with Crippen LogP contribution in [0.4, 0.5) is 0 Å². The first kappa shape index (κ1) is 9.80. The average molecular weight is 151 g/mol. The van der Waals surface area contributed by atoms with Gasteiger partial charge in [-0.2, -0.15) is 0 Å². The lowest BCUT2D eigenvalue weighted by atomic mass is 10.2. The molecule has 0 unspecified atom stereocenters. The highest BCUT2D eigenvalue weighted by molar-refractivity contribution is 4.89. The van der Waals surface area contributed by atoms with Crippen molar-refractivity contribution < 1.29 is 25.5 Å². The van der Waals surface area contributed by atoms with Gasteiger partial charge in [-0.3, -0.25) is 0 Å². The third kappa shape index (κ3) is 1.65. The lowest BCUT2D eigenvalue weighted by Gasteiger charge is -2.10. The highest BCUT2D eigenvalue weighted by Gasteiger charge is 2.34. The molecule has 61 valence electrons. The molecular weight excluding hydrogens is 140 g/mol. The van der Waals surface area contributed by atoms with E-state index in [1.807, 2.05) is 0 Å². The molecule has 0 aliphatic carbocycles. The highest BCUT2D eigenvalue weighted by atomic mass is 16.5. The Balaban J connectivity index is 0.000000810. The van der Waals surface area contributed by atoms with Gasteiger partial charge in [0, 0.05) is 0 Å². The summed E-state index contributed by atoms with van der Waals surface area (Å²) in [6.45, 7) is 0.848. The maximum atomic E-state index is 8.89. The Kier molecular flexibility index (Phi) is 3.77. The smallest absolute Gasteiger partial charge is 0.115 e. The van der Waals surface area contributed by atoms with Crippen molar-refractivity contribution in [3.05, 3.63) is 6.61 Å². The molecule has 1 rings (SSSR count). The van der Waals surface area contributed by atoms with E-state index in [0.717, 1.165) is 6.61 Å². The number of ether oxygens (including phenoxy) is 1. The van der Waals surface area contributed by atoms with Crippen molar-refractivity contribution in [1.82, 2.24) is 0 Å². The van der Waals surface area contributed by atoms with Gasteiger partial charge < -0.3 is 25.5 Å². The normalized spacial score (nSPS) is 39.3. The van der Waals surface area contributed by atoms with Crippen LogP contribution in [0.25, 0.3) is 0 Å². The average Bonchev–Trinajstić information content (AvgIpc) is 2.15. The quantitative estimate of drug-likeness (QED) is 0.383. The van der Waals surface area contributed by atoms with Crippen molar-refractivity contribution in [3.8, 4) is 0 Å². The monoisotopic (exact) mass is 151 g/mol. The summed E-state index contributed by atoms with van der Waals surface area (Å²) in [6.07, 6.45) is -2.59. The van der Waals surface area contributed by atoms with Crippen LogP contribution in [0.2, 0.25) is 0 Å². The van der Waals surface area contributed by atoms with Gasteiger partial charge in [0.05, 0.1) is 6.61 Å². The van der Waals surface area contributed by atoms with Crippen molar-refractivity contribution >= 4 is 0 Å². The lowest BCUT2D eigenvalue weighted by Crippen LogP contribution is -2.31. The van der Waals surface area contributed by atoms with Crippen LogP contribution >= 0.6 is 0 Å². The first-order valence-corrected chi connectivity index (χ1v) is 2.71. The maximum absolute atomic E-state index is 8.89. The molecule has 5 nitrogen and oxygen atoms in total. The third-order valence-corrected chi connectivity index (χ3v) is 1.30. The summed E-state index contributed by atoms with van der Waals surface area (Å²) < 4.78 is 4.65. The molecule has 0 amide bonds. The largest absolute Gasteiger partial charge is 0.412 e. The molecule has 1 heterocycles. The second-order valence-electron chi connectivity index (χ2n) is 1.97. The standard InChI is InChI=1S/C5H9O4.H2O/c6-1-4-5(8)3(7)2-9-4;/h2-8H,1H2;1H2/t3-,4+,5-;/m0./s1. The number of aliphatic hydroxyl groups excluding tert-OH is 3. The van der Waals surface area contributed by atoms with Gasteiger partial charge in [0.15, 0.2) is 0 Å². The van der Waals surface area contributed by atoms with E-state index in [4.69, 9.17) is 15.3 Å². The minimum absolute atomic E-state index is 0. The maximum Gasteiger partial charge on any atom is 0.115 e. The van der Waals surface area contributed by atoms with Gasteiger partial charge >= 0.3 is 0 Å². The highest BCUT2D eigenvalue weighted by Crippen LogP contribution is 2.16. The van der Waals surface area contributed by atoms with Crippen molar-refractivity contribution in [3.63, 3.8) is 0 Å². The predicted molar refractivity (Wildman–Crippen MR) is 31.9 cm³/mol. The molecule has 0 bridgehead atoms. The van der Waals surface area contributed by atoms with E-state index in [-0.39, 0.29) is 12.1 Å². The number of rotatable bonds is 1. The molecule has 0 aromatic carbocycles. The van der Waals surface area contributed by atoms with Gasteiger partial charge in [-0.25, -0.2) is 0 Å². The fourth-order valence-electron chi connectivity index (χ4n) is 0.713. The zero-order chi connectivity index (χ0) is 6.85. The zero-order valence-corrected chi connectivity index (χ0v) is 5.27. The van der Waals surface area contributed by atoms with Crippen LogP contribution < -0.4 is 0 Å². The first-order chi connectivity index (χ1) is 4.25. The molecular formula is C5H11O5. The van der Waals surface area contributed by atoms with Crippen LogP contribution in [0.1, 0.15) is 0 Å². The van der Waals surface area contributed by atoms with E-state index >= 15 is 0 Å². The topological polar surface area (TPSA) is 101 Å². The Labute approximate surface area is 58.2 Å². The van der Waals surface area contributed by atoms with Gasteiger partial charge in [-0.1, -0.05) is 0 Å². The fraction of sp³-hybridized carbons (Fsp3) is 0.800. The second kappa shape index (κ2) is 3.85. The molecule has 5 N–H and O–H groups in total. The summed E-state index contributed by atoms with van der Waals surface area (Å²) in [5, 5.41) is 26.1. The fourth-order valence-corrected chi connectivity index (χ4v) is 0.713. The first-order valence-electron chi connectivity index (χ1n) is 2.71. The Hall–Kier alpha value is -0.200.